The second-order valence-electron chi connectivity index (χ2n) is 7.38. The van der Waals surface area contributed by atoms with Gasteiger partial charge in [0.25, 0.3) is 0 Å². The maximum atomic E-state index is 13.0. The SMILES string of the molecule is CC(C)CNC(=O)[C@H](C)N(CCc1ccccc1)C(=O)CSc1ccc(Cl)cc1. The van der Waals surface area contributed by atoms with Crippen LogP contribution in [0.5, 0.6) is 0 Å². The molecule has 0 radical (unpaired) electrons. The van der Waals surface area contributed by atoms with Gasteiger partial charge in [0, 0.05) is 23.0 Å². The number of carbonyl (C=O) groups excluding carboxylic acids is 2. The molecule has 4 nitrogen and oxygen atoms in total. The first kappa shape index (κ1) is 23.3. The van der Waals surface area contributed by atoms with Gasteiger partial charge in [-0.3, -0.25) is 9.59 Å². The fourth-order valence-corrected chi connectivity index (χ4v) is 3.69. The molecule has 2 aromatic carbocycles. The average Bonchev–Trinajstić information content (AvgIpc) is 2.72. The lowest BCUT2D eigenvalue weighted by atomic mass is 10.1. The number of halogens is 1. The number of benzene rings is 2. The Kier molecular flexibility index (Phi) is 9.55. The Morgan fingerprint density at radius 2 is 1.69 bits per heavy atom. The molecule has 0 aliphatic rings. The van der Waals surface area contributed by atoms with Gasteiger partial charge in [0.05, 0.1) is 5.75 Å². The van der Waals surface area contributed by atoms with Gasteiger partial charge < -0.3 is 10.2 Å². The second kappa shape index (κ2) is 11.9. The summed E-state index contributed by atoms with van der Waals surface area (Å²) >= 11 is 7.38. The summed E-state index contributed by atoms with van der Waals surface area (Å²) in [5.74, 6) is 0.475. The van der Waals surface area contributed by atoms with Crippen LogP contribution in [0, 0.1) is 5.92 Å². The summed E-state index contributed by atoms with van der Waals surface area (Å²) in [6, 6.07) is 16.9. The summed E-state index contributed by atoms with van der Waals surface area (Å²) in [5, 5.41) is 3.61. The monoisotopic (exact) mass is 432 g/mol. The van der Waals surface area contributed by atoms with Crippen LogP contribution < -0.4 is 5.32 Å². The Morgan fingerprint density at radius 3 is 2.31 bits per heavy atom. The van der Waals surface area contributed by atoms with Gasteiger partial charge in [-0.15, -0.1) is 11.8 Å². The van der Waals surface area contributed by atoms with Gasteiger partial charge in [-0.05, 0) is 49.1 Å². The van der Waals surface area contributed by atoms with E-state index >= 15 is 0 Å². The molecule has 156 valence electrons. The van der Waals surface area contributed by atoms with E-state index in [0.717, 1.165) is 10.5 Å². The Morgan fingerprint density at radius 1 is 1.03 bits per heavy atom. The number of rotatable bonds is 10. The van der Waals surface area contributed by atoms with E-state index in [1.165, 1.54) is 11.8 Å². The van der Waals surface area contributed by atoms with Crippen LogP contribution in [0.3, 0.4) is 0 Å². The summed E-state index contributed by atoms with van der Waals surface area (Å²) in [6.45, 7) is 6.99. The van der Waals surface area contributed by atoms with Gasteiger partial charge in [0.2, 0.25) is 11.8 Å². The first-order valence-electron chi connectivity index (χ1n) is 9.86. The van der Waals surface area contributed by atoms with Crippen molar-refractivity contribution in [3.05, 3.63) is 65.2 Å². The van der Waals surface area contributed by atoms with Crippen molar-refractivity contribution >= 4 is 35.2 Å². The molecule has 0 aromatic heterocycles. The van der Waals surface area contributed by atoms with Gasteiger partial charge in [-0.2, -0.15) is 0 Å². The number of hydrogen-bond acceptors (Lipinski definition) is 3. The highest BCUT2D eigenvalue weighted by atomic mass is 35.5. The smallest absolute Gasteiger partial charge is 0.242 e. The number of amides is 2. The number of nitrogens with zero attached hydrogens (tertiary/aromatic N) is 1. The summed E-state index contributed by atoms with van der Waals surface area (Å²) in [5.41, 5.74) is 1.14. The molecule has 6 heteroatoms. The van der Waals surface area contributed by atoms with Crippen molar-refractivity contribution in [3.8, 4) is 0 Å². The minimum atomic E-state index is -0.518. The van der Waals surface area contributed by atoms with Crippen LogP contribution in [0.4, 0.5) is 0 Å². The zero-order valence-electron chi connectivity index (χ0n) is 17.2. The predicted molar refractivity (Wildman–Crippen MR) is 121 cm³/mol. The Hall–Kier alpha value is -1.98. The fourth-order valence-electron chi connectivity index (χ4n) is 2.78. The molecule has 2 amide bonds. The van der Waals surface area contributed by atoms with Crippen LogP contribution in [-0.4, -0.2) is 41.6 Å². The molecule has 0 spiro atoms. The van der Waals surface area contributed by atoms with E-state index in [-0.39, 0.29) is 17.6 Å². The van der Waals surface area contributed by atoms with Crippen LogP contribution in [0.1, 0.15) is 26.3 Å². The molecule has 2 rings (SSSR count). The maximum Gasteiger partial charge on any atom is 0.242 e. The van der Waals surface area contributed by atoms with Crippen molar-refractivity contribution < 1.29 is 9.59 Å². The molecular weight excluding hydrogens is 404 g/mol. The van der Waals surface area contributed by atoms with Crippen LogP contribution in [0.15, 0.2) is 59.5 Å². The first-order valence-corrected chi connectivity index (χ1v) is 11.2. The van der Waals surface area contributed by atoms with Crippen LogP contribution in [-0.2, 0) is 16.0 Å². The van der Waals surface area contributed by atoms with Gasteiger partial charge >= 0.3 is 0 Å². The molecule has 0 fully saturated rings. The maximum absolute atomic E-state index is 13.0. The molecule has 0 saturated heterocycles. The van der Waals surface area contributed by atoms with Crippen molar-refractivity contribution in [3.63, 3.8) is 0 Å². The van der Waals surface area contributed by atoms with Gasteiger partial charge in [-0.25, -0.2) is 0 Å². The molecule has 0 aliphatic carbocycles. The van der Waals surface area contributed by atoms with E-state index in [4.69, 9.17) is 11.6 Å². The zero-order chi connectivity index (χ0) is 21.2. The van der Waals surface area contributed by atoms with Gasteiger partial charge in [0.15, 0.2) is 0 Å². The normalized spacial score (nSPS) is 11.9. The number of carbonyl (C=O) groups is 2. The van der Waals surface area contributed by atoms with E-state index in [1.54, 1.807) is 11.8 Å². The predicted octanol–water partition coefficient (Wildman–Crippen LogP) is 4.66. The number of thioether (sulfide) groups is 1. The van der Waals surface area contributed by atoms with Crippen LogP contribution in [0.25, 0.3) is 0 Å². The Balaban J connectivity index is 2.03. The summed E-state index contributed by atoms with van der Waals surface area (Å²) in [7, 11) is 0. The molecule has 0 aliphatic heterocycles. The second-order valence-corrected chi connectivity index (χ2v) is 8.87. The molecular formula is C23H29ClN2O2S. The quantitative estimate of drug-likeness (QED) is 0.555. The molecule has 29 heavy (non-hydrogen) atoms. The fraction of sp³-hybridized carbons (Fsp3) is 0.391. The van der Waals surface area contributed by atoms with Crippen molar-refractivity contribution in [2.75, 3.05) is 18.8 Å². The lowest BCUT2D eigenvalue weighted by molar-refractivity contribution is -0.138. The van der Waals surface area contributed by atoms with E-state index in [2.05, 4.69) is 5.32 Å². The van der Waals surface area contributed by atoms with Crippen molar-refractivity contribution in [1.29, 1.82) is 0 Å². The third kappa shape index (κ3) is 8.11. The Labute approximate surface area is 183 Å². The summed E-state index contributed by atoms with van der Waals surface area (Å²) in [4.78, 5) is 28.2. The third-order valence-electron chi connectivity index (χ3n) is 4.51. The topological polar surface area (TPSA) is 49.4 Å². The van der Waals surface area contributed by atoms with E-state index in [0.29, 0.717) is 30.5 Å². The van der Waals surface area contributed by atoms with E-state index in [1.807, 2.05) is 68.4 Å². The molecule has 1 atom stereocenters. The minimum absolute atomic E-state index is 0.0481. The molecule has 1 N–H and O–H groups in total. The van der Waals surface area contributed by atoms with Crippen molar-refractivity contribution in [2.45, 2.75) is 38.1 Å². The highest BCUT2D eigenvalue weighted by molar-refractivity contribution is 8.00. The summed E-state index contributed by atoms with van der Waals surface area (Å²) in [6.07, 6.45) is 0.708. The highest BCUT2D eigenvalue weighted by Crippen LogP contribution is 2.21. The first-order chi connectivity index (χ1) is 13.9. The Bertz CT molecular complexity index is 781. The lowest BCUT2D eigenvalue weighted by Gasteiger charge is -2.29. The average molecular weight is 433 g/mol. The largest absolute Gasteiger partial charge is 0.354 e. The lowest BCUT2D eigenvalue weighted by Crippen LogP contribution is -2.50. The highest BCUT2D eigenvalue weighted by Gasteiger charge is 2.25. The van der Waals surface area contributed by atoms with Crippen molar-refractivity contribution in [2.24, 2.45) is 5.92 Å². The van der Waals surface area contributed by atoms with Crippen LogP contribution >= 0.6 is 23.4 Å². The molecule has 0 heterocycles. The molecule has 0 saturated carbocycles. The summed E-state index contributed by atoms with van der Waals surface area (Å²) < 4.78 is 0. The molecule has 0 bridgehead atoms. The minimum Gasteiger partial charge on any atom is -0.354 e. The van der Waals surface area contributed by atoms with E-state index < -0.39 is 6.04 Å². The number of hydrogen-bond donors (Lipinski definition) is 1. The standard InChI is InChI=1S/C23H29ClN2O2S/c1-17(2)15-25-23(28)18(3)26(14-13-19-7-5-4-6-8-19)22(27)16-29-21-11-9-20(24)10-12-21/h4-12,17-18H,13-16H2,1-3H3,(H,25,28)/t18-/m0/s1. The van der Waals surface area contributed by atoms with E-state index in [9.17, 15) is 9.59 Å². The van der Waals surface area contributed by atoms with Crippen LogP contribution in [0.2, 0.25) is 5.02 Å². The van der Waals surface area contributed by atoms with Crippen molar-refractivity contribution in [1.82, 2.24) is 10.2 Å². The molecule has 2 aromatic rings. The molecule has 0 unspecified atom stereocenters. The zero-order valence-corrected chi connectivity index (χ0v) is 18.8. The van der Waals surface area contributed by atoms with Gasteiger partial charge in [-0.1, -0.05) is 55.8 Å². The van der Waals surface area contributed by atoms with Gasteiger partial charge in [0.1, 0.15) is 6.04 Å². The number of nitrogens with one attached hydrogen (secondary N) is 1. The third-order valence-corrected chi connectivity index (χ3v) is 5.76.